The Morgan fingerprint density at radius 3 is 2.67 bits per heavy atom. The zero-order chi connectivity index (χ0) is 15.3. The molecule has 0 aromatic heterocycles. The van der Waals surface area contributed by atoms with Gasteiger partial charge in [0.25, 0.3) is 0 Å². The van der Waals surface area contributed by atoms with Crippen LogP contribution in [0.15, 0.2) is 24.3 Å². The maximum atomic E-state index is 11.4. The molecule has 1 fully saturated rings. The minimum atomic E-state index is -0.638. The molecule has 0 aliphatic carbocycles. The summed E-state index contributed by atoms with van der Waals surface area (Å²) in [4.78, 5) is 13.7. The Hall–Kier alpha value is -1.55. The minimum Gasteiger partial charge on any atom is -0.492 e. The first kappa shape index (κ1) is 15.8. The Balaban J connectivity index is 1.75. The Bertz CT molecular complexity index is 479. The van der Waals surface area contributed by atoms with Gasteiger partial charge in [-0.1, -0.05) is 19.1 Å². The van der Waals surface area contributed by atoms with Gasteiger partial charge in [-0.25, -0.2) is 0 Å². The first-order valence-corrected chi connectivity index (χ1v) is 7.71. The molecule has 1 saturated heterocycles. The summed E-state index contributed by atoms with van der Waals surface area (Å²) in [5.74, 6) is 0.265. The summed E-state index contributed by atoms with van der Waals surface area (Å²) < 4.78 is 5.76. The standard InChI is InChI=1S/C17H25NO3/c1-3-17(16(19)20)7-9-18(10-8-17)11-12-21-15-6-4-5-14(2)13-15/h4-6,13H,3,7-12H2,1-2H3,(H,19,20). The van der Waals surface area contributed by atoms with Crippen molar-refractivity contribution in [1.29, 1.82) is 0 Å². The molecule has 0 bridgehead atoms. The van der Waals surface area contributed by atoms with Crippen LogP contribution >= 0.6 is 0 Å². The van der Waals surface area contributed by atoms with E-state index in [4.69, 9.17) is 4.74 Å². The van der Waals surface area contributed by atoms with Gasteiger partial charge in [0, 0.05) is 6.54 Å². The fourth-order valence-electron chi connectivity index (χ4n) is 2.92. The molecule has 0 spiro atoms. The van der Waals surface area contributed by atoms with Crippen molar-refractivity contribution in [3.8, 4) is 5.75 Å². The second kappa shape index (κ2) is 6.94. The topological polar surface area (TPSA) is 49.8 Å². The Morgan fingerprint density at radius 2 is 2.10 bits per heavy atom. The fourth-order valence-corrected chi connectivity index (χ4v) is 2.92. The van der Waals surface area contributed by atoms with Gasteiger partial charge in [-0.15, -0.1) is 0 Å². The van der Waals surface area contributed by atoms with Crippen molar-refractivity contribution in [3.05, 3.63) is 29.8 Å². The highest BCUT2D eigenvalue weighted by atomic mass is 16.5. The zero-order valence-corrected chi connectivity index (χ0v) is 13.0. The lowest BCUT2D eigenvalue weighted by molar-refractivity contribution is -0.152. The number of rotatable bonds is 6. The highest BCUT2D eigenvalue weighted by Crippen LogP contribution is 2.34. The smallest absolute Gasteiger partial charge is 0.309 e. The molecule has 1 aliphatic rings. The molecule has 21 heavy (non-hydrogen) atoms. The van der Waals surface area contributed by atoms with E-state index in [2.05, 4.69) is 4.90 Å². The van der Waals surface area contributed by atoms with Crippen molar-refractivity contribution in [2.45, 2.75) is 33.1 Å². The Morgan fingerprint density at radius 1 is 1.38 bits per heavy atom. The van der Waals surface area contributed by atoms with Gasteiger partial charge in [-0.2, -0.15) is 0 Å². The van der Waals surface area contributed by atoms with E-state index >= 15 is 0 Å². The molecule has 0 unspecified atom stereocenters. The number of ether oxygens (including phenoxy) is 1. The first-order valence-electron chi connectivity index (χ1n) is 7.71. The van der Waals surface area contributed by atoms with Gasteiger partial charge < -0.3 is 9.84 Å². The molecule has 116 valence electrons. The second-order valence-electron chi connectivity index (χ2n) is 5.95. The van der Waals surface area contributed by atoms with Crippen LogP contribution in [0.25, 0.3) is 0 Å². The summed E-state index contributed by atoms with van der Waals surface area (Å²) >= 11 is 0. The maximum absolute atomic E-state index is 11.4. The molecule has 0 amide bonds. The van der Waals surface area contributed by atoms with E-state index in [1.54, 1.807) is 0 Å². The summed E-state index contributed by atoms with van der Waals surface area (Å²) in [6.07, 6.45) is 2.20. The number of nitrogens with zero attached hydrogens (tertiary/aromatic N) is 1. The lowest BCUT2D eigenvalue weighted by atomic mass is 9.76. The van der Waals surface area contributed by atoms with Crippen molar-refractivity contribution < 1.29 is 14.6 Å². The van der Waals surface area contributed by atoms with Crippen molar-refractivity contribution in [3.63, 3.8) is 0 Å². The van der Waals surface area contributed by atoms with Crippen LogP contribution in [0.4, 0.5) is 0 Å². The van der Waals surface area contributed by atoms with E-state index in [0.717, 1.165) is 44.6 Å². The van der Waals surface area contributed by atoms with Gasteiger partial charge in [0.15, 0.2) is 0 Å². The number of hydrogen-bond acceptors (Lipinski definition) is 3. The number of carboxylic acid groups (broad SMARTS) is 1. The highest BCUT2D eigenvalue weighted by Gasteiger charge is 2.39. The van der Waals surface area contributed by atoms with Gasteiger partial charge in [0.1, 0.15) is 12.4 Å². The van der Waals surface area contributed by atoms with Crippen LogP contribution in [0.3, 0.4) is 0 Å². The van der Waals surface area contributed by atoms with Gasteiger partial charge in [0.2, 0.25) is 0 Å². The third-order valence-corrected chi connectivity index (χ3v) is 4.61. The quantitative estimate of drug-likeness (QED) is 0.875. The summed E-state index contributed by atoms with van der Waals surface area (Å²) in [6, 6.07) is 8.04. The van der Waals surface area contributed by atoms with E-state index in [1.807, 2.05) is 38.1 Å². The van der Waals surface area contributed by atoms with E-state index in [0.29, 0.717) is 6.61 Å². The molecule has 0 saturated carbocycles. The molecule has 0 atom stereocenters. The molecule has 2 rings (SSSR count). The number of likely N-dealkylation sites (tertiary alicyclic amines) is 1. The summed E-state index contributed by atoms with van der Waals surface area (Å²) in [5.41, 5.74) is 0.688. The van der Waals surface area contributed by atoms with Gasteiger partial charge in [0.05, 0.1) is 5.41 Å². The summed E-state index contributed by atoms with van der Waals surface area (Å²) in [6.45, 7) is 7.22. The molecule has 4 nitrogen and oxygen atoms in total. The molecule has 1 aromatic rings. The van der Waals surface area contributed by atoms with Crippen LogP contribution in [0.5, 0.6) is 5.75 Å². The van der Waals surface area contributed by atoms with Crippen LogP contribution in [-0.4, -0.2) is 42.2 Å². The van der Waals surface area contributed by atoms with Crippen LogP contribution < -0.4 is 4.74 Å². The maximum Gasteiger partial charge on any atom is 0.309 e. The average Bonchev–Trinajstić information content (AvgIpc) is 2.48. The molecule has 1 N–H and O–H groups in total. The predicted octanol–water partition coefficient (Wildman–Crippen LogP) is 2.95. The minimum absolute atomic E-state index is 0.506. The lowest BCUT2D eigenvalue weighted by Crippen LogP contribution is -2.45. The number of hydrogen-bond donors (Lipinski definition) is 1. The number of aliphatic carboxylic acids is 1. The second-order valence-corrected chi connectivity index (χ2v) is 5.95. The van der Waals surface area contributed by atoms with Crippen molar-refractivity contribution in [1.82, 2.24) is 4.90 Å². The third-order valence-electron chi connectivity index (χ3n) is 4.61. The first-order chi connectivity index (χ1) is 10.1. The monoisotopic (exact) mass is 291 g/mol. The van der Waals surface area contributed by atoms with Crippen LogP contribution in [-0.2, 0) is 4.79 Å². The van der Waals surface area contributed by atoms with Crippen LogP contribution in [0, 0.1) is 12.3 Å². The van der Waals surface area contributed by atoms with Gasteiger partial charge in [-0.05, 0) is 57.0 Å². The molecule has 4 heteroatoms. The number of benzene rings is 1. The van der Waals surface area contributed by atoms with Gasteiger partial charge >= 0.3 is 5.97 Å². The largest absolute Gasteiger partial charge is 0.492 e. The average molecular weight is 291 g/mol. The molecular weight excluding hydrogens is 266 g/mol. The van der Waals surface area contributed by atoms with Gasteiger partial charge in [-0.3, -0.25) is 9.69 Å². The fraction of sp³-hybridized carbons (Fsp3) is 0.588. The normalized spacial score (nSPS) is 18.4. The highest BCUT2D eigenvalue weighted by molar-refractivity contribution is 5.74. The molecule has 1 aromatic carbocycles. The lowest BCUT2D eigenvalue weighted by Gasteiger charge is -2.38. The van der Waals surface area contributed by atoms with Crippen molar-refractivity contribution in [2.24, 2.45) is 5.41 Å². The van der Waals surface area contributed by atoms with E-state index in [1.165, 1.54) is 5.56 Å². The number of piperidine rings is 1. The Kier molecular flexibility index (Phi) is 5.23. The SMILES string of the molecule is CCC1(C(=O)O)CCN(CCOc2cccc(C)c2)CC1. The van der Waals surface area contributed by atoms with Crippen LogP contribution in [0.1, 0.15) is 31.7 Å². The number of carbonyl (C=O) groups is 1. The number of aryl methyl sites for hydroxylation is 1. The molecule has 1 aliphatic heterocycles. The van der Waals surface area contributed by atoms with E-state index in [9.17, 15) is 9.90 Å². The van der Waals surface area contributed by atoms with Crippen molar-refractivity contribution in [2.75, 3.05) is 26.2 Å². The van der Waals surface area contributed by atoms with Crippen molar-refractivity contribution >= 4 is 5.97 Å². The van der Waals surface area contributed by atoms with E-state index in [-0.39, 0.29) is 0 Å². The molecule has 0 radical (unpaired) electrons. The Labute approximate surface area is 126 Å². The van der Waals surface area contributed by atoms with E-state index < -0.39 is 11.4 Å². The predicted molar refractivity (Wildman–Crippen MR) is 82.7 cm³/mol. The summed E-state index contributed by atoms with van der Waals surface area (Å²) in [5, 5.41) is 9.38. The zero-order valence-electron chi connectivity index (χ0n) is 13.0. The third kappa shape index (κ3) is 3.97. The van der Waals surface area contributed by atoms with Crippen LogP contribution in [0.2, 0.25) is 0 Å². The molecular formula is C17H25NO3. The molecule has 1 heterocycles. The number of carboxylic acids is 1. The summed E-state index contributed by atoms with van der Waals surface area (Å²) in [7, 11) is 0.